The van der Waals surface area contributed by atoms with E-state index in [0.29, 0.717) is 5.92 Å². The molecule has 0 aliphatic carbocycles. The molecule has 1 unspecified atom stereocenters. The molecule has 0 saturated carbocycles. The number of nitrogens with one attached hydrogen (secondary N) is 2. The summed E-state index contributed by atoms with van der Waals surface area (Å²) < 4.78 is 0. The van der Waals surface area contributed by atoms with E-state index in [0.717, 1.165) is 56.2 Å². The SMILES string of the molecule is CSCCCNC(=O)N1CCCCC1c1nc(C(C)C)n[nH]1. The average molecular weight is 325 g/mol. The highest BCUT2D eigenvalue weighted by atomic mass is 32.2. The number of carbonyl (C=O) groups excluding carboxylic acids is 1. The standard InChI is InChI=1S/C15H27N5OS/c1-11(2)13-17-14(19-18-13)12-7-4-5-9-20(12)15(21)16-8-6-10-22-3/h11-12H,4-10H2,1-3H3,(H,16,21)(H,17,18,19). The topological polar surface area (TPSA) is 73.9 Å². The van der Waals surface area contributed by atoms with Gasteiger partial charge >= 0.3 is 6.03 Å². The third-order valence-corrected chi connectivity index (χ3v) is 4.61. The van der Waals surface area contributed by atoms with Gasteiger partial charge in [-0.25, -0.2) is 9.78 Å². The number of aromatic nitrogens is 3. The lowest BCUT2D eigenvalue weighted by Crippen LogP contribution is -2.45. The van der Waals surface area contributed by atoms with Crippen LogP contribution < -0.4 is 5.32 Å². The molecule has 2 N–H and O–H groups in total. The van der Waals surface area contributed by atoms with Gasteiger partial charge in [0, 0.05) is 19.0 Å². The lowest BCUT2D eigenvalue weighted by atomic mass is 10.0. The second-order valence-corrected chi connectivity index (χ2v) is 7.00. The van der Waals surface area contributed by atoms with E-state index < -0.39 is 0 Å². The smallest absolute Gasteiger partial charge is 0.318 e. The molecule has 2 rings (SSSR count). The molecule has 0 spiro atoms. The van der Waals surface area contributed by atoms with Gasteiger partial charge in [-0.05, 0) is 37.7 Å². The molecule has 124 valence electrons. The summed E-state index contributed by atoms with van der Waals surface area (Å²) in [5.74, 6) is 3.01. The summed E-state index contributed by atoms with van der Waals surface area (Å²) >= 11 is 1.80. The highest BCUT2D eigenvalue weighted by molar-refractivity contribution is 7.98. The van der Waals surface area contributed by atoms with Crippen LogP contribution in [0.2, 0.25) is 0 Å². The molecule has 0 aromatic carbocycles. The molecule has 1 aromatic heterocycles. The van der Waals surface area contributed by atoms with Crippen molar-refractivity contribution in [2.75, 3.05) is 25.1 Å². The molecule has 1 fully saturated rings. The summed E-state index contributed by atoms with van der Waals surface area (Å²) in [6, 6.07) is 0.0441. The molecule has 6 nitrogen and oxygen atoms in total. The Morgan fingerprint density at radius 1 is 1.50 bits per heavy atom. The molecule has 1 aliphatic heterocycles. The molecule has 1 aliphatic rings. The Bertz CT molecular complexity index is 476. The number of H-pyrrole nitrogens is 1. The number of hydrogen-bond donors (Lipinski definition) is 2. The fourth-order valence-electron chi connectivity index (χ4n) is 2.67. The van der Waals surface area contributed by atoms with E-state index in [4.69, 9.17) is 0 Å². The van der Waals surface area contributed by atoms with Gasteiger partial charge in [-0.1, -0.05) is 13.8 Å². The Kier molecular flexibility index (Phi) is 6.54. The fourth-order valence-corrected chi connectivity index (χ4v) is 3.10. The monoisotopic (exact) mass is 325 g/mol. The van der Waals surface area contributed by atoms with Gasteiger partial charge in [0.25, 0.3) is 0 Å². The van der Waals surface area contributed by atoms with Crippen molar-refractivity contribution in [3.05, 3.63) is 11.6 Å². The number of nitrogens with zero attached hydrogens (tertiary/aromatic N) is 3. The van der Waals surface area contributed by atoms with Crippen LogP contribution in [0.25, 0.3) is 0 Å². The molecule has 1 saturated heterocycles. The van der Waals surface area contributed by atoms with Crippen LogP contribution in [0.4, 0.5) is 4.79 Å². The zero-order valence-electron chi connectivity index (χ0n) is 13.8. The number of rotatable bonds is 6. The second-order valence-electron chi connectivity index (χ2n) is 6.02. The number of carbonyl (C=O) groups is 1. The first-order valence-electron chi connectivity index (χ1n) is 8.09. The molecule has 0 bridgehead atoms. The van der Waals surface area contributed by atoms with Crippen molar-refractivity contribution in [2.45, 2.75) is 51.5 Å². The minimum atomic E-state index is 0.0216. The Morgan fingerprint density at radius 2 is 2.32 bits per heavy atom. The van der Waals surface area contributed by atoms with Gasteiger partial charge in [0.15, 0.2) is 5.82 Å². The first-order chi connectivity index (χ1) is 10.6. The van der Waals surface area contributed by atoms with Gasteiger partial charge in [-0.3, -0.25) is 5.10 Å². The quantitative estimate of drug-likeness (QED) is 0.789. The summed E-state index contributed by atoms with van der Waals surface area (Å²) in [5, 5.41) is 10.3. The normalized spacial score (nSPS) is 18.7. The number of amides is 2. The van der Waals surface area contributed by atoms with Crippen molar-refractivity contribution in [3.63, 3.8) is 0 Å². The largest absolute Gasteiger partial charge is 0.338 e. The van der Waals surface area contributed by atoms with Crippen LogP contribution in [-0.2, 0) is 0 Å². The number of likely N-dealkylation sites (tertiary alicyclic amines) is 1. The van der Waals surface area contributed by atoms with Gasteiger partial charge in [-0.15, -0.1) is 0 Å². The summed E-state index contributed by atoms with van der Waals surface area (Å²) in [5.41, 5.74) is 0. The molecule has 2 heterocycles. The predicted molar refractivity (Wildman–Crippen MR) is 90.2 cm³/mol. The highest BCUT2D eigenvalue weighted by Gasteiger charge is 2.30. The zero-order chi connectivity index (χ0) is 15.9. The summed E-state index contributed by atoms with van der Waals surface area (Å²) in [6.07, 6.45) is 6.22. The third-order valence-electron chi connectivity index (χ3n) is 3.92. The summed E-state index contributed by atoms with van der Waals surface area (Å²) in [7, 11) is 0. The van der Waals surface area contributed by atoms with Crippen molar-refractivity contribution in [2.24, 2.45) is 0 Å². The Hall–Kier alpha value is -1.24. The Labute approximate surface area is 136 Å². The maximum absolute atomic E-state index is 12.4. The molecule has 1 atom stereocenters. The van der Waals surface area contributed by atoms with Crippen LogP contribution in [-0.4, -0.2) is 51.2 Å². The van der Waals surface area contributed by atoms with Crippen LogP contribution >= 0.6 is 11.8 Å². The summed E-state index contributed by atoms with van der Waals surface area (Å²) in [6.45, 7) is 5.67. The Balaban J connectivity index is 1.99. The molecule has 1 aromatic rings. The van der Waals surface area contributed by atoms with Gasteiger partial charge < -0.3 is 10.2 Å². The van der Waals surface area contributed by atoms with Gasteiger partial charge in [0.1, 0.15) is 5.82 Å². The van der Waals surface area contributed by atoms with Gasteiger partial charge in [0.2, 0.25) is 0 Å². The van der Waals surface area contributed by atoms with E-state index in [9.17, 15) is 4.79 Å². The number of hydrogen-bond acceptors (Lipinski definition) is 4. The zero-order valence-corrected chi connectivity index (χ0v) is 14.6. The van der Waals surface area contributed by atoms with E-state index in [-0.39, 0.29) is 12.1 Å². The highest BCUT2D eigenvalue weighted by Crippen LogP contribution is 2.29. The average Bonchev–Trinajstić information content (AvgIpc) is 3.01. The molecular formula is C15H27N5OS. The maximum Gasteiger partial charge on any atom is 0.318 e. The Morgan fingerprint density at radius 3 is 3.00 bits per heavy atom. The lowest BCUT2D eigenvalue weighted by Gasteiger charge is -2.34. The maximum atomic E-state index is 12.4. The van der Waals surface area contributed by atoms with Crippen LogP contribution in [0.15, 0.2) is 0 Å². The third kappa shape index (κ3) is 4.38. The first kappa shape index (κ1) is 17.1. The molecular weight excluding hydrogens is 298 g/mol. The van der Waals surface area contributed by atoms with Crippen molar-refractivity contribution in [1.29, 1.82) is 0 Å². The number of thioether (sulfide) groups is 1. The van der Waals surface area contributed by atoms with E-state index in [1.807, 2.05) is 4.90 Å². The molecule has 7 heteroatoms. The van der Waals surface area contributed by atoms with Crippen molar-refractivity contribution >= 4 is 17.8 Å². The van der Waals surface area contributed by atoms with Crippen molar-refractivity contribution in [1.82, 2.24) is 25.4 Å². The van der Waals surface area contributed by atoms with Crippen molar-refractivity contribution in [3.8, 4) is 0 Å². The van der Waals surface area contributed by atoms with E-state index in [2.05, 4.69) is 40.6 Å². The number of urea groups is 1. The van der Waals surface area contributed by atoms with E-state index in [1.165, 1.54) is 0 Å². The second kappa shape index (κ2) is 8.41. The minimum Gasteiger partial charge on any atom is -0.338 e. The summed E-state index contributed by atoms with van der Waals surface area (Å²) in [4.78, 5) is 18.9. The van der Waals surface area contributed by atoms with Crippen molar-refractivity contribution < 1.29 is 4.79 Å². The first-order valence-corrected chi connectivity index (χ1v) is 9.48. The number of piperidine rings is 1. The molecule has 22 heavy (non-hydrogen) atoms. The fraction of sp³-hybridized carbons (Fsp3) is 0.800. The van der Waals surface area contributed by atoms with Crippen LogP contribution in [0, 0.1) is 0 Å². The van der Waals surface area contributed by atoms with Gasteiger partial charge in [-0.2, -0.15) is 16.9 Å². The van der Waals surface area contributed by atoms with Crippen LogP contribution in [0.5, 0.6) is 0 Å². The van der Waals surface area contributed by atoms with Gasteiger partial charge in [0.05, 0.1) is 6.04 Å². The predicted octanol–water partition coefficient (Wildman–Crippen LogP) is 2.92. The molecule has 2 amide bonds. The lowest BCUT2D eigenvalue weighted by molar-refractivity contribution is 0.148. The van der Waals surface area contributed by atoms with E-state index >= 15 is 0 Å². The molecule has 0 radical (unpaired) electrons. The minimum absolute atomic E-state index is 0.0216. The van der Waals surface area contributed by atoms with Crippen LogP contribution in [0.3, 0.4) is 0 Å². The van der Waals surface area contributed by atoms with Crippen LogP contribution in [0.1, 0.15) is 63.1 Å². The van der Waals surface area contributed by atoms with E-state index in [1.54, 1.807) is 11.8 Å². The number of aromatic amines is 1.